The van der Waals surface area contributed by atoms with Gasteiger partial charge in [-0.15, -0.1) is 0 Å². The van der Waals surface area contributed by atoms with E-state index in [1.807, 2.05) is 18.2 Å². The molecule has 0 spiro atoms. The zero-order chi connectivity index (χ0) is 11.4. The zero-order valence-corrected chi connectivity index (χ0v) is 9.17. The normalized spacial score (nSPS) is 21.9. The van der Waals surface area contributed by atoms with E-state index in [-0.39, 0.29) is 5.92 Å². The molecule has 1 unspecified atom stereocenters. The minimum Gasteiger partial charge on any atom is -0.481 e. The van der Waals surface area contributed by atoms with E-state index < -0.39 is 5.97 Å². The summed E-state index contributed by atoms with van der Waals surface area (Å²) in [7, 11) is 0. The number of carboxylic acid groups (broad SMARTS) is 1. The largest absolute Gasteiger partial charge is 0.481 e. The monoisotopic (exact) mass is 220 g/mol. The van der Waals surface area contributed by atoms with Crippen LogP contribution in [0.3, 0.4) is 0 Å². The van der Waals surface area contributed by atoms with Crippen molar-refractivity contribution in [2.24, 2.45) is 5.92 Å². The van der Waals surface area contributed by atoms with Gasteiger partial charge in [-0.3, -0.25) is 14.7 Å². The zero-order valence-electron chi connectivity index (χ0n) is 9.17. The average molecular weight is 220 g/mol. The maximum Gasteiger partial charge on any atom is 0.307 e. The van der Waals surface area contributed by atoms with E-state index in [4.69, 9.17) is 5.11 Å². The van der Waals surface area contributed by atoms with Gasteiger partial charge < -0.3 is 5.11 Å². The van der Waals surface area contributed by atoms with E-state index in [0.717, 1.165) is 31.6 Å². The van der Waals surface area contributed by atoms with Crippen molar-refractivity contribution in [3.63, 3.8) is 0 Å². The molecule has 1 aliphatic heterocycles. The van der Waals surface area contributed by atoms with Crippen LogP contribution < -0.4 is 0 Å². The molecule has 0 bridgehead atoms. The van der Waals surface area contributed by atoms with Crippen LogP contribution >= 0.6 is 0 Å². The second-order valence-electron chi connectivity index (χ2n) is 4.23. The topological polar surface area (TPSA) is 53.4 Å². The first kappa shape index (κ1) is 11.1. The fraction of sp³-hybridized carbons (Fsp3) is 0.500. The highest BCUT2D eigenvalue weighted by molar-refractivity contribution is 5.70. The van der Waals surface area contributed by atoms with Crippen LogP contribution in [0.5, 0.6) is 0 Å². The predicted octanol–water partition coefficient (Wildman–Crippen LogP) is 1.38. The molecule has 4 heteroatoms. The lowest BCUT2D eigenvalue weighted by Crippen LogP contribution is -2.38. The molecule has 1 saturated heterocycles. The van der Waals surface area contributed by atoms with E-state index in [1.54, 1.807) is 6.20 Å². The Morgan fingerprint density at radius 1 is 1.56 bits per heavy atom. The first-order chi connectivity index (χ1) is 7.75. The summed E-state index contributed by atoms with van der Waals surface area (Å²) in [6.45, 7) is 2.37. The van der Waals surface area contributed by atoms with Crippen molar-refractivity contribution in [3.8, 4) is 0 Å². The first-order valence-corrected chi connectivity index (χ1v) is 5.61. The predicted molar refractivity (Wildman–Crippen MR) is 59.9 cm³/mol. The smallest absolute Gasteiger partial charge is 0.307 e. The molecule has 0 amide bonds. The first-order valence-electron chi connectivity index (χ1n) is 5.61. The summed E-state index contributed by atoms with van der Waals surface area (Å²) in [6.07, 6.45) is 3.53. The molecule has 1 fully saturated rings. The maximum atomic E-state index is 10.9. The molecule has 1 N–H and O–H groups in total. The van der Waals surface area contributed by atoms with Crippen LogP contribution in [0, 0.1) is 5.92 Å². The van der Waals surface area contributed by atoms with Gasteiger partial charge in [0.05, 0.1) is 11.6 Å². The molecule has 86 valence electrons. The van der Waals surface area contributed by atoms with Crippen LogP contribution in [0.1, 0.15) is 18.5 Å². The minimum absolute atomic E-state index is 0.211. The third-order valence-electron chi connectivity index (χ3n) is 2.97. The number of rotatable bonds is 3. The van der Waals surface area contributed by atoms with Crippen molar-refractivity contribution in [1.29, 1.82) is 0 Å². The summed E-state index contributed by atoms with van der Waals surface area (Å²) in [4.78, 5) is 17.3. The molecule has 1 aromatic rings. The van der Waals surface area contributed by atoms with Gasteiger partial charge in [-0.2, -0.15) is 0 Å². The second-order valence-corrected chi connectivity index (χ2v) is 4.23. The molecule has 2 rings (SSSR count). The highest BCUT2D eigenvalue weighted by Gasteiger charge is 2.25. The van der Waals surface area contributed by atoms with Gasteiger partial charge in [0.2, 0.25) is 0 Å². The van der Waals surface area contributed by atoms with E-state index in [0.29, 0.717) is 6.54 Å². The lowest BCUT2D eigenvalue weighted by molar-refractivity contribution is -0.143. The molecule has 1 aliphatic rings. The molecule has 16 heavy (non-hydrogen) atoms. The molecule has 2 heterocycles. The Morgan fingerprint density at radius 3 is 3.12 bits per heavy atom. The van der Waals surface area contributed by atoms with Crippen LogP contribution in [0.25, 0.3) is 0 Å². The Kier molecular flexibility index (Phi) is 3.51. The van der Waals surface area contributed by atoms with Crippen molar-refractivity contribution in [2.75, 3.05) is 13.1 Å². The Bertz CT molecular complexity index is 353. The number of carbonyl (C=O) groups is 1. The molecule has 0 radical (unpaired) electrons. The number of carboxylic acids is 1. The van der Waals surface area contributed by atoms with E-state index in [9.17, 15) is 4.79 Å². The van der Waals surface area contributed by atoms with E-state index in [2.05, 4.69) is 9.88 Å². The Hall–Kier alpha value is -1.42. The summed E-state index contributed by atoms with van der Waals surface area (Å²) >= 11 is 0. The second kappa shape index (κ2) is 5.07. The van der Waals surface area contributed by atoms with Crippen molar-refractivity contribution < 1.29 is 9.90 Å². The van der Waals surface area contributed by atoms with Crippen molar-refractivity contribution in [2.45, 2.75) is 19.4 Å². The van der Waals surface area contributed by atoms with Gasteiger partial charge in [0.25, 0.3) is 0 Å². The number of likely N-dealkylation sites (tertiary alicyclic amines) is 1. The lowest BCUT2D eigenvalue weighted by Gasteiger charge is -2.30. The van der Waals surface area contributed by atoms with E-state index >= 15 is 0 Å². The van der Waals surface area contributed by atoms with Crippen LogP contribution in [0.4, 0.5) is 0 Å². The van der Waals surface area contributed by atoms with Gasteiger partial charge in [-0.1, -0.05) is 6.07 Å². The minimum atomic E-state index is -0.675. The quantitative estimate of drug-likeness (QED) is 0.836. The van der Waals surface area contributed by atoms with Gasteiger partial charge >= 0.3 is 5.97 Å². The maximum absolute atomic E-state index is 10.9. The molecular formula is C12H16N2O2. The number of hydrogen-bond acceptors (Lipinski definition) is 3. The number of piperidine rings is 1. The number of aromatic nitrogens is 1. The highest BCUT2D eigenvalue weighted by atomic mass is 16.4. The molecule has 0 aliphatic carbocycles. The number of pyridine rings is 1. The third kappa shape index (κ3) is 2.79. The Morgan fingerprint density at radius 2 is 2.44 bits per heavy atom. The van der Waals surface area contributed by atoms with Crippen LogP contribution in [-0.4, -0.2) is 34.0 Å². The van der Waals surface area contributed by atoms with Gasteiger partial charge in [-0.25, -0.2) is 0 Å². The van der Waals surface area contributed by atoms with Crippen molar-refractivity contribution in [3.05, 3.63) is 30.1 Å². The van der Waals surface area contributed by atoms with Gasteiger partial charge in [0.1, 0.15) is 0 Å². The van der Waals surface area contributed by atoms with Crippen LogP contribution in [0.2, 0.25) is 0 Å². The molecule has 0 saturated carbocycles. The SMILES string of the molecule is O=C(O)C1CCCN(Cc2ccccn2)C1. The van der Waals surface area contributed by atoms with Crippen molar-refractivity contribution >= 4 is 5.97 Å². The lowest BCUT2D eigenvalue weighted by atomic mass is 9.98. The van der Waals surface area contributed by atoms with E-state index in [1.165, 1.54) is 0 Å². The van der Waals surface area contributed by atoms with Crippen molar-refractivity contribution in [1.82, 2.24) is 9.88 Å². The molecular weight excluding hydrogens is 204 g/mol. The summed E-state index contributed by atoms with van der Waals surface area (Å²) in [5.74, 6) is -0.886. The van der Waals surface area contributed by atoms with Gasteiger partial charge in [-0.05, 0) is 31.5 Å². The summed E-state index contributed by atoms with van der Waals surface area (Å²) in [6, 6.07) is 5.82. The Balaban J connectivity index is 1.93. The molecule has 1 atom stereocenters. The summed E-state index contributed by atoms with van der Waals surface area (Å²) in [5.41, 5.74) is 1.01. The highest BCUT2D eigenvalue weighted by Crippen LogP contribution is 2.17. The fourth-order valence-corrected chi connectivity index (χ4v) is 2.12. The van der Waals surface area contributed by atoms with Crippen LogP contribution in [-0.2, 0) is 11.3 Å². The molecule has 0 aromatic carbocycles. The molecule has 1 aromatic heterocycles. The summed E-state index contributed by atoms with van der Waals surface area (Å²) < 4.78 is 0. The third-order valence-corrected chi connectivity index (χ3v) is 2.97. The number of nitrogens with zero attached hydrogens (tertiary/aromatic N) is 2. The average Bonchev–Trinajstić information content (AvgIpc) is 2.30. The fourth-order valence-electron chi connectivity index (χ4n) is 2.12. The van der Waals surface area contributed by atoms with Gasteiger partial charge in [0.15, 0.2) is 0 Å². The van der Waals surface area contributed by atoms with Gasteiger partial charge in [0, 0.05) is 19.3 Å². The summed E-state index contributed by atoms with van der Waals surface area (Å²) in [5, 5.41) is 8.98. The number of hydrogen-bond donors (Lipinski definition) is 1. The number of aliphatic carboxylic acids is 1. The molecule has 4 nitrogen and oxygen atoms in total. The van der Waals surface area contributed by atoms with Crippen LogP contribution in [0.15, 0.2) is 24.4 Å². The Labute approximate surface area is 94.9 Å². The standard InChI is InChI=1S/C12H16N2O2/c15-12(16)10-4-3-7-14(8-10)9-11-5-1-2-6-13-11/h1-2,5-6,10H,3-4,7-9H2,(H,15,16).